The number of anilines is 2. The molecule has 4 rings (SSSR count). The quantitative estimate of drug-likeness (QED) is 0.625. The molecule has 0 bridgehead atoms. The van der Waals surface area contributed by atoms with Crippen molar-refractivity contribution in [2.24, 2.45) is 5.73 Å². The van der Waals surface area contributed by atoms with E-state index < -0.39 is 5.91 Å². The number of benzene rings is 2. The molecule has 0 aliphatic heterocycles. The molecule has 0 fully saturated rings. The number of para-hydroxylation sites is 1. The zero-order valence-corrected chi connectivity index (χ0v) is 12.9. The number of primary amides is 1. The number of hydrogen-bond acceptors (Lipinski definition) is 5. The lowest BCUT2D eigenvalue weighted by Gasteiger charge is -2.20. The van der Waals surface area contributed by atoms with Gasteiger partial charge in [0, 0.05) is 23.7 Å². The van der Waals surface area contributed by atoms with Crippen molar-refractivity contribution in [2.45, 2.75) is 0 Å². The molecule has 24 heavy (non-hydrogen) atoms. The van der Waals surface area contributed by atoms with Crippen LogP contribution in [0.1, 0.15) is 10.4 Å². The van der Waals surface area contributed by atoms with Crippen LogP contribution in [-0.4, -0.2) is 32.5 Å². The van der Waals surface area contributed by atoms with Crippen molar-refractivity contribution < 1.29 is 4.79 Å². The summed E-state index contributed by atoms with van der Waals surface area (Å²) in [6.45, 7) is 0. The first-order chi connectivity index (χ1) is 11.6. The van der Waals surface area contributed by atoms with E-state index >= 15 is 0 Å². The molecule has 0 aliphatic rings. The van der Waals surface area contributed by atoms with Gasteiger partial charge in [0.1, 0.15) is 12.1 Å². The number of carbonyl (C=O) groups is 1. The van der Waals surface area contributed by atoms with Gasteiger partial charge in [-0.1, -0.05) is 18.2 Å². The molecule has 0 unspecified atom stereocenters. The third-order valence-corrected chi connectivity index (χ3v) is 3.98. The lowest BCUT2D eigenvalue weighted by atomic mass is 10.1. The van der Waals surface area contributed by atoms with Gasteiger partial charge in [-0.2, -0.15) is 4.98 Å². The number of amides is 1. The van der Waals surface area contributed by atoms with Crippen LogP contribution in [0.25, 0.3) is 16.7 Å². The molecule has 2 aromatic carbocycles. The van der Waals surface area contributed by atoms with E-state index in [2.05, 4.69) is 15.2 Å². The summed E-state index contributed by atoms with van der Waals surface area (Å²) in [6.07, 6.45) is 1.64. The molecule has 0 radical (unpaired) electrons. The molecular weight excluding hydrogens is 304 g/mol. The fourth-order valence-electron chi connectivity index (χ4n) is 2.75. The van der Waals surface area contributed by atoms with E-state index in [0.29, 0.717) is 11.3 Å². The minimum atomic E-state index is -0.462. The number of fused-ring (bicyclic) bond motifs is 3. The van der Waals surface area contributed by atoms with E-state index in [1.54, 1.807) is 24.5 Å². The van der Waals surface area contributed by atoms with Crippen LogP contribution in [0.2, 0.25) is 0 Å². The summed E-state index contributed by atoms with van der Waals surface area (Å²) in [5.74, 6) is 0.783. The molecule has 1 amide bonds. The van der Waals surface area contributed by atoms with Gasteiger partial charge < -0.3 is 10.6 Å². The Balaban J connectivity index is 1.94. The Morgan fingerprint density at radius 3 is 2.83 bits per heavy atom. The standard InChI is InChI=1S/C17H14N6O/c1-22(12-6-4-5-11(9-12)15(18)24)16-13-7-2-3-8-14(13)23-10-19-21-17(23)20-16/h2-10H,1H3,(H2,18,24). The van der Waals surface area contributed by atoms with E-state index in [1.807, 2.05) is 46.7 Å². The van der Waals surface area contributed by atoms with Crippen LogP contribution in [0.5, 0.6) is 0 Å². The van der Waals surface area contributed by atoms with Gasteiger partial charge in [0.25, 0.3) is 5.78 Å². The van der Waals surface area contributed by atoms with Crippen LogP contribution in [0.15, 0.2) is 54.9 Å². The summed E-state index contributed by atoms with van der Waals surface area (Å²) >= 11 is 0. The highest BCUT2D eigenvalue weighted by molar-refractivity contribution is 5.96. The van der Waals surface area contributed by atoms with E-state index in [9.17, 15) is 4.79 Å². The lowest BCUT2D eigenvalue weighted by Crippen LogP contribution is -2.15. The fraction of sp³-hybridized carbons (Fsp3) is 0.0588. The van der Waals surface area contributed by atoms with Crippen molar-refractivity contribution in [3.8, 4) is 0 Å². The number of aromatic nitrogens is 4. The molecule has 4 aromatic rings. The molecule has 2 heterocycles. The first-order valence-electron chi connectivity index (χ1n) is 7.37. The van der Waals surface area contributed by atoms with Gasteiger partial charge in [-0.3, -0.25) is 9.20 Å². The number of carbonyl (C=O) groups excluding carboxylic acids is 1. The highest BCUT2D eigenvalue weighted by Crippen LogP contribution is 2.30. The Labute approximate surface area is 137 Å². The summed E-state index contributed by atoms with van der Waals surface area (Å²) in [5, 5.41) is 8.94. The zero-order valence-electron chi connectivity index (χ0n) is 12.9. The normalized spacial score (nSPS) is 11.0. The van der Waals surface area contributed by atoms with Crippen molar-refractivity contribution in [3.63, 3.8) is 0 Å². The number of rotatable bonds is 3. The summed E-state index contributed by atoms with van der Waals surface area (Å²) in [7, 11) is 1.89. The van der Waals surface area contributed by atoms with E-state index in [-0.39, 0.29) is 0 Å². The maximum Gasteiger partial charge on any atom is 0.257 e. The van der Waals surface area contributed by atoms with Crippen LogP contribution >= 0.6 is 0 Å². The maximum atomic E-state index is 11.4. The summed E-state index contributed by atoms with van der Waals surface area (Å²) in [5.41, 5.74) is 7.60. The zero-order chi connectivity index (χ0) is 16.7. The van der Waals surface area contributed by atoms with Gasteiger partial charge in [0.2, 0.25) is 5.91 Å². The van der Waals surface area contributed by atoms with Gasteiger partial charge in [-0.25, -0.2) is 0 Å². The van der Waals surface area contributed by atoms with Crippen molar-refractivity contribution in [1.82, 2.24) is 19.6 Å². The van der Waals surface area contributed by atoms with Crippen molar-refractivity contribution >= 4 is 34.1 Å². The van der Waals surface area contributed by atoms with Crippen molar-refractivity contribution in [2.75, 3.05) is 11.9 Å². The summed E-state index contributed by atoms with van der Waals surface area (Å²) in [6, 6.07) is 15.0. The molecular formula is C17H14N6O. The van der Waals surface area contributed by atoms with Gasteiger partial charge in [-0.15, -0.1) is 10.2 Å². The van der Waals surface area contributed by atoms with E-state index in [0.717, 1.165) is 22.4 Å². The third kappa shape index (κ3) is 2.14. The molecule has 0 saturated carbocycles. The summed E-state index contributed by atoms with van der Waals surface area (Å²) in [4.78, 5) is 18.0. The van der Waals surface area contributed by atoms with Gasteiger partial charge >= 0.3 is 0 Å². The highest BCUT2D eigenvalue weighted by atomic mass is 16.1. The van der Waals surface area contributed by atoms with Crippen LogP contribution < -0.4 is 10.6 Å². The van der Waals surface area contributed by atoms with Crippen LogP contribution in [0.3, 0.4) is 0 Å². The number of nitrogens with zero attached hydrogens (tertiary/aromatic N) is 5. The topological polar surface area (TPSA) is 89.4 Å². The fourth-order valence-corrected chi connectivity index (χ4v) is 2.75. The first-order valence-corrected chi connectivity index (χ1v) is 7.37. The molecule has 0 saturated heterocycles. The predicted molar refractivity (Wildman–Crippen MR) is 91.3 cm³/mol. The van der Waals surface area contributed by atoms with E-state index in [4.69, 9.17) is 5.73 Å². The minimum absolute atomic E-state index is 0.451. The van der Waals surface area contributed by atoms with Crippen LogP contribution in [-0.2, 0) is 0 Å². The molecule has 0 aliphatic carbocycles. The Morgan fingerprint density at radius 2 is 2.00 bits per heavy atom. The average Bonchev–Trinajstić information content (AvgIpc) is 3.09. The number of hydrogen-bond donors (Lipinski definition) is 1. The van der Waals surface area contributed by atoms with E-state index in [1.165, 1.54) is 0 Å². The monoisotopic (exact) mass is 318 g/mol. The Kier molecular flexibility index (Phi) is 3.13. The largest absolute Gasteiger partial charge is 0.366 e. The predicted octanol–water partition coefficient (Wildman–Crippen LogP) is 2.14. The average molecular weight is 318 g/mol. The van der Waals surface area contributed by atoms with Crippen molar-refractivity contribution in [3.05, 3.63) is 60.4 Å². The second-order valence-corrected chi connectivity index (χ2v) is 5.43. The molecule has 7 nitrogen and oxygen atoms in total. The SMILES string of the molecule is CN(c1cccc(C(N)=O)c1)c1nc2nncn2c2ccccc12. The molecule has 0 atom stereocenters. The third-order valence-electron chi connectivity index (χ3n) is 3.98. The smallest absolute Gasteiger partial charge is 0.257 e. The summed E-state index contributed by atoms with van der Waals surface area (Å²) < 4.78 is 1.84. The molecule has 0 spiro atoms. The van der Waals surface area contributed by atoms with Gasteiger partial charge in [-0.05, 0) is 30.3 Å². The second kappa shape index (κ2) is 5.31. The molecule has 7 heteroatoms. The molecule has 118 valence electrons. The second-order valence-electron chi connectivity index (χ2n) is 5.43. The molecule has 2 aromatic heterocycles. The molecule has 2 N–H and O–H groups in total. The Bertz CT molecular complexity index is 1070. The van der Waals surface area contributed by atoms with Crippen LogP contribution in [0.4, 0.5) is 11.5 Å². The Morgan fingerprint density at radius 1 is 1.17 bits per heavy atom. The first kappa shape index (κ1) is 14.1. The van der Waals surface area contributed by atoms with Gasteiger partial charge in [0.15, 0.2) is 0 Å². The van der Waals surface area contributed by atoms with Crippen molar-refractivity contribution in [1.29, 1.82) is 0 Å². The highest BCUT2D eigenvalue weighted by Gasteiger charge is 2.14. The van der Waals surface area contributed by atoms with Crippen LogP contribution in [0, 0.1) is 0 Å². The maximum absolute atomic E-state index is 11.4. The number of nitrogens with two attached hydrogens (primary N) is 1. The lowest BCUT2D eigenvalue weighted by molar-refractivity contribution is 0.100. The Hall–Kier alpha value is -3.48. The minimum Gasteiger partial charge on any atom is -0.366 e. The van der Waals surface area contributed by atoms with Gasteiger partial charge in [0.05, 0.1) is 5.52 Å².